The van der Waals surface area contributed by atoms with Crippen molar-refractivity contribution in [3.8, 4) is 0 Å². The van der Waals surface area contributed by atoms with Gasteiger partial charge in [-0.2, -0.15) is 10.1 Å². The number of aryl methyl sites for hydroxylation is 2. The number of hydrogen-bond acceptors (Lipinski definition) is 3. The normalized spacial score (nSPS) is 17.1. The maximum absolute atomic E-state index is 4.32. The summed E-state index contributed by atoms with van der Waals surface area (Å²) in [7, 11) is 0. The van der Waals surface area contributed by atoms with Gasteiger partial charge in [-0.1, -0.05) is 12.8 Å². The Morgan fingerprint density at radius 2 is 1.87 bits per heavy atom. The second kappa shape index (κ2) is 3.61. The Balaban J connectivity index is 2.16. The molecule has 0 bridgehead atoms. The summed E-state index contributed by atoms with van der Waals surface area (Å²) in [4.78, 5) is 8.44. The third-order valence-corrected chi connectivity index (χ3v) is 3.10. The molecule has 78 valence electrons. The van der Waals surface area contributed by atoms with E-state index in [9.17, 15) is 0 Å². The average Bonchev–Trinajstić information content (AvgIpc) is 2.65. The molecule has 1 aliphatic rings. The monoisotopic (exact) mass is 202 g/mol. The van der Waals surface area contributed by atoms with Gasteiger partial charge in [0.25, 0.3) is 5.78 Å². The summed E-state index contributed by atoms with van der Waals surface area (Å²) in [5.74, 6) is 0.731. The zero-order valence-electron chi connectivity index (χ0n) is 8.69. The van der Waals surface area contributed by atoms with Gasteiger partial charge in [-0.15, -0.1) is 0 Å². The first-order chi connectivity index (χ1) is 7.45. The molecule has 2 heterocycles. The Morgan fingerprint density at radius 1 is 1.00 bits per heavy atom. The van der Waals surface area contributed by atoms with Gasteiger partial charge in [0.15, 0.2) is 0 Å². The second-order valence-corrected chi connectivity index (χ2v) is 4.12. The minimum absolute atomic E-state index is 0.731. The molecule has 4 nitrogen and oxygen atoms in total. The van der Waals surface area contributed by atoms with Crippen LogP contribution in [0.4, 0.5) is 0 Å². The lowest BCUT2D eigenvalue weighted by atomic mass is 9.98. The highest BCUT2D eigenvalue weighted by atomic mass is 15.3. The zero-order valence-corrected chi connectivity index (χ0v) is 8.69. The van der Waals surface area contributed by atoms with E-state index in [1.165, 1.54) is 36.9 Å². The summed E-state index contributed by atoms with van der Waals surface area (Å²) in [5, 5.41) is 4.25. The molecule has 0 radical (unpaired) electrons. The standard InChI is InChI=1S/C11H14N4/c1-2-4-6-10-9(5-3-1)7-12-11-13-8-14-15(10)11/h7-8H,1-6H2. The van der Waals surface area contributed by atoms with Crippen LogP contribution in [0.25, 0.3) is 5.78 Å². The first kappa shape index (κ1) is 8.83. The van der Waals surface area contributed by atoms with Gasteiger partial charge < -0.3 is 0 Å². The molecule has 0 saturated heterocycles. The van der Waals surface area contributed by atoms with Crippen molar-refractivity contribution in [1.29, 1.82) is 0 Å². The topological polar surface area (TPSA) is 43.1 Å². The summed E-state index contributed by atoms with van der Waals surface area (Å²) in [5.41, 5.74) is 2.67. The van der Waals surface area contributed by atoms with Crippen LogP contribution in [-0.4, -0.2) is 19.6 Å². The second-order valence-electron chi connectivity index (χ2n) is 4.12. The number of rotatable bonds is 0. The quantitative estimate of drug-likeness (QED) is 0.654. The largest absolute Gasteiger partial charge is 0.252 e. The molecule has 0 atom stereocenters. The summed E-state index contributed by atoms with van der Waals surface area (Å²) in [6.07, 6.45) is 11.0. The van der Waals surface area contributed by atoms with E-state index in [1.54, 1.807) is 6.33 Å². The lowest BCUT2D eigenvalue weighted by Crippen LogP contribution is -2.08. The molecule has 0 unspecified atom stereocenters. The van der Waals surface area contributed by atoms with Crippen LogP contribution in [0.15, 0.2) is 12.5 Å². The molecule has 0 spiro atoms. The third-order valence-electron chi connectivity index (χ3n) is 3.10. The van der Waals surface area contributed by atoms with Gasteiger partial charge in [0, 0.05) is 6.20 Å². The minimum Gasteiger partial charge on any atom is -0.219 e. The number of hydrogen-bond donors (Lipinski definition) is 0. The smallest absolute Gasteiger partial charge is 0.219 e. The summed E-state index contributed by atoms with van der Waals surface area (Å²) >= 11 is 0. The van der Waals surface area contributed by atoms with Gasteiger partial charge >= 0.3 is 0 Å². The van der Waals surface area contributed by atoms with Gasteiger partial charge in [-0.05, 0) is 31.2 Å². The maximum Gasteiger partial charge on any atom is 0.252 e. The summed E-state index contributed by atoms with van der Waals surface area (Å²) in [6, 6.07) is 0. The molecule has 2 aromatic rings. The highest BCUT2D eigenvalue weighted by molar-refractivity contribution is 5.32. The van der Waals surface area contributed by atoms with Crippen molar-refractivity contribution < 1.29 is 0 Å². The van der Waals surface area contributed by atoms with Gasteiger partial charge in [0.1, 0.15) is 6.33 Å². The van der Waals surface area contributed by atoms with E-state index in [-0.39, 0.29) is 0 Å². The van der Waals surface area contributed by atoms with Gasteiger partial charge in [-0.25, -0.2) is 9.50 Å². The van der Waals surface area contributed by atoms with Crippen LogP contribution in [0.3, 0.4) is 0 Å². The molecule has 15 heavy (non-hydrogen) atoms. The van der Waals surface area contributed by atoms with Crippen LogP contribution in [0.5, 0.6) is 0 Å². The van der Waals surface area contributed by atoms with E-state index in [0.29, 0.717) is 0 Å². The lowest BCUT2D eigenvalue weighted by Gasteiger charge is -2.13. The van der Waals surface area contributed by atoms with E-state index < -0.39 is 0 Å². The summed E-state index contributed by atoms with van der Waals surface area (Å²) in [6.45, 7) is 0. The first-order valence-electron chi connectivity index (χ1n) is 5.61. The Morgan fingerprint density at radius 3 is 2.80 bits per heavy atom. The zero-order chi connectivity index (χ0) is 10.1. The van der Waals surface area contributed by atoms with E-state index in [4.69, 9.17) is 0 Å². The lowest BCUT2D eigenvalue weighted by molar-refractivity contribution is 0.596. The van der Waals surface area contributed by atoms with Crippen LogP contribution in [0.1, 0.15) is 36.9 Å². The molecule has 0 aliphatic heterocycles. The van der Waals surface area contributed by atoms with E-state index in [2.05, 4.69) is 15.1 Å². The minimum atomic E-state index is 0.731. The number of nitrogens with zero attached hydrogens (tertiary/aromatic N) is 4. The van der Waals surface area contributed by atoms with Crippen molar-refractivity contribution in [1.82, 2.24) is 19.6 Å². The molecular weight excluding hydrogens is 188 g/mol. The highest BCUT2D eigenvalue weighted by Crippen LogP contribution is 2.19. The van der Waals surface area contributed by atoms with E-state index >= 15 is 0 Å². The van der Waals surface area contributed by atoms with Crippen molar-refractivity contribution >= 4 is 5.78 Å². The Hall–Kier alpha value is -1.45. The van der Waals surface area contributed by atoms with E-state index in [1.807, 2.05) is 10.7 Å². The predicted molar refractivity (Wildman–Crippen MR) is 56.7 cm³/mol. The van der Waals surface area contributed by atoms with Crippen molar-refractivity contribution in [2.75, 3.05) is 0 Å². The molecule has 4 heteroatoms. The van der Waals surface area contributed by atoms with Crippen LogP contribution < -0.4 is 0 Å². The molecular formula is C11H14N4. The third kappa shape index (κ3) is 1.50. The molecule has 0 amide bonds. The number of fused-ring (bicyclic) bond motifs is 3. The molecule has 0 saturated carbocycles. The Labute approximate surface area is 88.4 Å². The predicted octanol–water partition coefficient (Wildman–Crippen LogP) is 1.78. The van der Waals surface area contributed by atoms with Gasteiger partial charge in [-0.3, -0.25) is 0 Å². The van der Waals surface area contributed by atoms with Gasteiger partial charge in [0.2, 0.25) is 0 Å². The van der Waals surface area contributed by atoms with Crippen LogP contribution in [-0.2, 0) is 12.8 Å². The van der Waals surface area contributed by atoms with Crippen molar-refractivity contribution in [3.05, 3.63) is 23.8 Å². The highest BCUT2D eigenvalue weighted by Gasteiger charge is 2.11. The molecule has 1 aliphatic carbocycles. The fraction of sp³-hybridized carbons (Fsp3) is 0.545. The molecule has 3 rings (SSSR count). The Bertz CT molecular complexity index is 474. The van der Waals surface area contributed by atoms with Crippen molar-refractivity contribution in [3.63, 3.8) is 0 Å². The van der Waals surface area contributed by atoms with Crippen molar-refractivity contribution in [2.24, 2.45) is 0 Å². The van der Waals surface area contributed by atoms with Gasteiger partial charge in [0.05, 0.1) is 5.69 Å². The molecule has 2 aromatic heterocycles. The fourth-order valence-corrected chi connectivity index (χ4v) is 2.30. The van der Waals surface area contributed by atoms with Crippen LogP contribution >= 0.6 is 0 Å². The van der Waals surface area contributed by atoms with E-state index in [0.717, 1.165) is 18.6 Å². The number of aromatic nitrogens is 4. The Kier molecular flexibility index (Phi) is 2.12. The fourth-order valence-electron chi connectivity index (χ4n) is 2.30. The van der Waals surface area contributed by atoms with Crippen LogP contribution in [0.2, 0.25) is 0 Å². The maximum atomic E-state index is 4.32. The summed E-state index contributed by atoms with van der Waals surface area (Å²) < 4.78 is 1.90. The van der Waals surface area contributed by atoms with Crippen molar-refractivity contribution in [2.45, 2.75) is 38.5 Å². The molecule has 0 fully saturated rings. The average molecular weight is 202 g/mol. The first-order valence-corrected chi connectivity index (χ1v) is 5.61. The SMILES string of the molecule is c1nc2ncc3c(n2n1)CCCCCC3. The van der Waals surface area contributed by atoms with Crippen LogP contribution in [0, 0.1) is 0 Å². The molecule has 0 N–H and O–H groups in total. The molecule has 0 aromatic carbocycles.